The van der Waals surface area contributed by atoms with Crippen LogP contribution in [-0.2, 0) is 4.74 Å². The van der Waals surface area contributed by atoms with Crippen LogP contribution in [0.3, 0.4) is 0 Å². The van der Waals surface area contributed by atoms with Gasteiger partial charge in [-0.2, -0.15) is 0 Å². The molecule has 1 atom stereocenters. The molecule has 134 valence electrons. The van der Waals surface area contributed by atoms with Crippen molar-refractivity contribution in [2.75, 3.05) is 25.0 Å². The number of carbonyl (C=O) groups excluding carboxylic acids is 1. The van der Waals surface area contributed by atoms with E-state index in [4.69, 9.17) is 16.3 Å². The fourth-order valence-corrected chi connectivity index (χ4v) is 2.87. The summed E-state index contributed by atoms with van der Waals surface area (Å²) in [4.78, 5) is 24.9. The Kier molecular flexibility index (Phi) is 5.91. The SMILES string of the molecule is Cc1cnc(N(C)C[C@H]2CCCCN2C(=O)OC(C)(C)C)nc1Cl. The van der Waals surface area contributed by atoms with Gasteiger partial charge in [0, 0.05) is 31.9 Å². The van der Waals surface area contributed by atoms with Gasteiger partial charge in [-0.25, -0.2) is 14.8 Å². The molecule has 1 aromatic heterocycles. The van der Waals surface area contributed by atoms with Gasteiger partial charge in [0.25, 0.3) is 0 Å². The smallest absolute Gasteiger partial charge is 0.410 e. The number of likely N-dealkylation sites (tertiary alicyclic amines) is 1. The van der Waals surface area contributed by atoms with E-state index >= 15 is 0 Å². The predicted octanol–water partition coefficient (Wildman–Crippen LogP) is 3.66. The van der Waals surface area contributed by atoms with Gasteiger partial charge < -0.3 is 14.5 Å². The second-order valence-electron chi connectivity index (χ2n) is 7.35. The molecular formula is C17H27ClN4O2. The van der Waals surface area contributed by atoms with Crippen molar-refractivity contribution in [1.29, 1.82) is 0 Å². The minimum absolute atomic E-state index is 0.0854. The summed E-state index contributed by atoms with van der Waals surface area (Å²) in [6, 6.07) is 0.0854. The van der Waals surface area contributed by atoms with Crippen molar-refractivity contribution in [3.63, 3.8) is 0 Å². The average Bonchev–Trinajstić information content (AvgIpc) is 2.48. The van der Waals surface area contributed by atoms with Gasteiger partial charge in [-0.3, -0.25) is 0 Å². The second-order valence-corrected chi connectivity index (χ2v) is 7.71. The first-order valence-electron chi connectivity index (χ1n) is 8.37. The maximum Gasteiger partial charge on any atom is 0.410 e. The van der Waals surface area contributed by atoms with E-state index < -0.39 is 5.60 Å². The van der Waals surface area contributed by atoms with E-state index in [0.717, 1.165) is 31.4 Å². The number of anilines is 1. The summed E-state index contributed by atoms with van der Waals surface area (Å²) in [5, 5.41) is 0.458. The molecule has 2 rings (SSSR count). The van der Waals surface area contributed by atoms with Gasteiger partial charge in [-0.1, -0.05) is 11.6 Å². The number of nitrogens with zero attached hydrogens (tertiary/aromatic N) is 4. The van der Waals surface area contributed by atoms with Crippen molar-refractivity contribution < 1.29 is 9.53 Å². The number of hydrogen-bond acceptors (Lipinski definition) is 5. The summed E-state index contributed by atoms with van der Waals surface area (Å²) in [6.07, 6.45) is 4.53. The Morgan fingerprint density at radius 3 is 2.79 bits per heavy atom. The molecule has 0 bridgehead atoms. The molecule has 1 aliphatic rings. The molecule has 0 unspecified atom stereocenters. The molecule has 1 aliphatic heterocycles. The van der Waals surface area contributed by atoms with Crippen LogP contribution in [0.5, 0.6) is 0 Å². The molecule has 0 aromatic carbocycles. The van der Waals surface area contributed by atoms with Crippen molar-refractivity contribution >= 4 is 23.6 Å². The third kappa shape index (κ3) is 4.97. The molecule has 6 nitrogen and oxygen atoms in total. The average molecular weight is 355 g/mol. The Labute approximate surface area is 149 Å². The third-order valence-corrected chi connectivity index (χ3v) is 4.36. The van der Waals surface area contributed by atoms with Gasteiger partial charge in [0.1, 0.15) is 10.8 Å². The van der Waals surface area contributed by atoms with Crippen LogP contribution in [-0.4, -0.2) is 52.7 Å². The summed E-state index contributed by atoms with van der Waals surface area (Å²) >= 11 is 6.09. The van der Waals surface area contributed by atoms with Gasteiger partial charge in [-0.05, 0) is 47.0 Å². The largest absolute Gasteiger partial charge is 0.444 e. The zero-order chi connectivity index (χ0) is 17.9. The number of carbonyl (C=O) groups is 1. The number of piperidine rings is 1. The van der Waals surface area contributed by atoms with Crippen LogP contribution in [0.2, 0.25) is 5.15 Å². The highest BCUT2D eigenvalue weighted by Gasteiger charge is 2.31. The van der Waals surface area contributed by atoms with Crippen LogP contribution in [0.25, 0.3) is 0 Å². The van der Waals surface area contributed by atoms with E-state index in [1.165, 1.54) is 0 Å². The van der Waals surface area contributed by atoms with Crippen LogP contribution >= 0.6 is 11.6 Å². The molecular weight excluding hydrogens is 328 g/mol. The third-order valence-electron chi connectivity index (χ3n) is 3.98. The second kappa shape index (κ2) is 7.55. The number of aromatic nitrogens is 2. The number of aryl methyl sites for hydroxylation is 1. The van der Waals surface area contributed by atoms with E-state index in [0.29, 0.717) is 17.6 Å². The maximum absolute atomic E-state index is 12.5. The summed E-state index contributed by atoms with van der Waals surface area (Å²) < 4.78 is 5.55. The zero-order valence-electron chi connectivity index (χ0n) is 15.2. The van der Waals surface area contributed by atoms with E-state index in [-0.39, 0.29) is 12.1 Å². The molecule has 1 amide bonds. The molecule has 2 heterocycles. The lowest BCUT2D eigenvalue weighted by Crippen LogP contribution is -2.50. The first kappa shape index (κ1) is 18.8. The van der Waals surface area contributed by atoms with Crippen molar-refractivity contribution in [3.8, 4) is 0 Å². The molecule has 0 radical (unpaired) electrons. The Morgan fingerprint density at radius 1 is 1.46 bits per heavy atom. The van der Waals surface area contributed by atoms with Crippen LogP contribution in [0.1, 0.15) is 45.6 Å². The van der Waals surface area contributed by atoms with E-state index in [1.807, 2.05) is 44.5 Å². The molecule has 7 heteroatoms. The lowest BCUT2D eigenvalue weighted by molar-refractivity contribution is 0.0108. The fraction of sp³-hybridized carbons (Fsp3) is 0.706. The molecule has 1 fully saturated rings. The van der Waals surface area contributed by atoms with Gasteiger partial charge in [-0.15, -0.1) is 0 Å². The van der Waals surface area contributed by atoms with Crippen LogP contribution in [0, 0.1) is 6.92 Å². The van der Waals surface area contributed by atoms with Crippen LogP contribution in [0.4, 0.5) is 10.7 Å². The Balaban J connectivity index is 2.07. The maximum atomic E-state index is 12.5. The van der Waals surface area contributed by atoms with Crippen molar-refractivity contribution in [1.82, 2.24) is 14.9 Å². The number of hydrogen-bond donors (Lipinski definition) is 0. The van der Waals surface area contributed by atoms with E-state index in [1.54, 1.807) is 6.20 Å². The topological polar surface area (TPSA) is 58.6 Å². The summed E-state index contributed by atoms with van der Waals surface area (Å²) in [5.41, 5.74) is 0.361. The lowest BCUT2D eigenvalue weighted by atomic mass is 10.0. The van der Waals surface area contributed by atoms with E-state index in [9.17, 15) is 4.79 Å². The van der Waals surface area contributed by atoms with Crippen molar-refractivity contribution in [3.05, 3.63) is 16.9 Å². The van der Waals surface area contributed by atoms with Crippen LogP contribution < -0.4 is 4.90 Å². The Morgan fingerprint density at radius 2 is 2.17 bits per heavy atom. The highest BCUT2D eigenvalue weighted by molar-refractivity contribution is 6.30. The molecule has 1 aromatic rings. The fourth-order valence-electron chi connectivity index (χ4n) is 2.75. The normalized spacial score (nSPS) is 18.4. The number of amides is 1. The van der Waals surface area contributed by atoms with Crippen molar-refractivity contribution in [2.45, 2.75) is 58.6 Å². The van der Waals surface area contributed by atoms with E-state index in [2.05, 4.69) is 9.97 Å². The van der Waals surface area contributed by atoms with Gasteiger partial charge >= 0.3 is 6.09 Å². The predicted molar refractivity (Wildman–Crippen MR) is 95.6 cm³/mol. The zero-order valence-corrected chi connectivity index (χ0v) is 15.9. The van der Waals surface area contributed by atoms with Crippen molar-refractivity contribution in [2.24, 2.45) is 0 Å². The molecule has 0 spiro atoms. The Hall–Kier alpha value is -1.56. The lowest BCUT2D eigenvalue weighted by Gasteiger charge is -2.38. The monoisotopic (exact) mass is 354 g/mol. The molecule has 0 saturated carbocycles. The number of rotatable bonds is 3. The standard InChI is InChI=1S/C17H27ClN4O2/c1-12-10-19-15(20-14(12)18)21(5)11-13-8-6-7-9-22(13)16(23)24-17(2,3)4/h10,13H,6-9,11H2,1-5H3/t13-/m1/s1. The highest BCUT2D eigenvalue weighted by Crippen LogP contribution is 2.22. The number of halogens is 1. The molecule has 0 N–H and O–H groups in total. The summed E-state index contributed by atoms with van der Waals surface area (Å²) in [7, 11) is 1.92. The first-order chi connectivity index (χ1) is 11.2. The van der Waals surface area contributed by atoms with Crippen LogP contribution in [0.15, 0.2) is 6.20 Å². The highest BCUT2D eigenvalue weighted by atomic mass is 35.5. The Bertz CT molecular complexity index is 588. The summed E-state index contributed by atoms with van der Waals surface area (Å²) in [6.45, 7) is 8.91. The minimum Gasteiger partial charge on any atom is -0.444 e. The quantitative estimate of drug-likeness (QED) is 0.775. The number of likely N-dealkylation sites (N-methyl/N-ethyl adjacent to an activating group) is 1. The minimum atomic E-state index is -0.488. The molecule has 24 heavy (non-hydrogen) atoms. The number of ether oxygens (including phenoxy) is 1. The van der Waals surface area contributed by atoms with Gasteiger partial charge in [0.05, 0.1) is 6.04 Å². The molecule has 1 saturated heterocycles. The first-order valence-corrected chi connectivity index (χ1v) is 8.75. The molecule has 0 aliphatic carbocycles. The summed E-state index contributed by atoms with van der Waals surface area (Å²) in [5.74, 6) is 0.570. The van der Waals surface area contributed by atoms with Gasteiger partial charge in [0.2, 0.25) is 5.95 Å². The van der Waals surface area contributed by atoms with Gasteiger partial charge in [0.15, 0.2) is 0 Å².